The lowest BCUT2D eigenvalue weighted by atomic mass is 9.95. The predicted molar refractivity (Wildman–Crippen MR) is 137 cm³/mol. The van der Waals surface area contributed by atoms with Gasteiger partial charge in [-0.3, -0.25) is 4.57 Å². The third kappa shape index (κ3) is 4.60. The fraction of sp³-hybridized carbons (Fsp3) is 0.480. The molecule has 1 aromatic carbocycles. The van der Waals surface area contributed by atoms with Crippen LogP contribution in [0.4, 0.5) is 5.95 Å². The lowest BCUT2D eigenvalue weighted by Gasteiger charge is -2.33. The first-order valence-electron chi connectivity index (χ1n) is 11.8. The number of hydrogen-bond donors (Lipinski definition) is 0. The Balaban J connectivity index is 0.00000241. The number of nitrogens with zero attached hydrogens (tertiary/aromatic N) is 5. The summed E-state index contributed by atoms with van der Waals surface area (Å²) in [6.45, 7) is 2.76. The van der Waals surface area contributed by atoms with Gasteiger partial charge in [0.05, 0.1) is 10.4 Å². The third-order valence-electron chi connectivity index (χ3n) is 7.15. The van der Waals surface area contributed by atoms with Crippen LogP contribution in [0, 0.1) is 5.92 Å². The first kappa shape index (κ1) is 23.7. The Bertz CT molecular complexity index is 1140. The molecule has 0 atom stereocenters. The molecular formula is C25H28Cl3N5O. The van der Waals surface area contributed by atoms with Crippen molar-refractivity contribution in [2.24, 2.45) is 5.92 Å². The number of pyridine rings is 1. The fourth-order valence-corrected chi connectivity index (χ4v) is 5.38. The average molecular weight is 521 g/mol. The van der Waals surface area contributed by atoms with Crippen LogP contribution in [0.3, 0.4) is 0 Å². The molecular weight excluding hydrogens is 493 g/mol. The van der Waals surface area contributed by atoms with Crippen molar-refractivity contribution in [3.8, 4) is 5.88 Å². The number of aromatic nitrogens is 4. The molecule has 6 nitrogen and oxygen atoms in total. The molecule has 0 N–H and O–H groups in total. The second-order valence-corrected chi connectivity index (χ2v) is 10.4. The molecule has 2 saturated carbocycles. The zero-order chi connectivity index (χ0) is 22.4. The molecule has 3 fully saturated rings. The van der Waals surface area contributed by atoms with Crippen molar-refractivity contribution < 1.29 is 4.74 Å². The number of hydrogen-bond acceptors (Lipinski definition) is 5. The Hall–Kier alpha value is -2.02. The van der Waals surface area contributed by atoms with E-state index in [0.29, 0.717) is 15.9 Å². The van der Waals surface area contributed by atoms with Crippen LogP contribution in [0.1, 0.15) is 49.9 Å². The zero-order valence-corrected chi connectivity index (χ0v) is 21.2. The first-order chi connectivity index (χ1) is 16.1. The van der Waals surface area contributed by atoms with Gasteiger partial charge in [0, 0.05) is 38.7 Å². The number of rotatable bonds is 7. The van der Waals surface area contributed by atoms with Crippen molar-refractivity contribution in [1.82, 2.24) is 19.7 Å². The Morgan fingerprint density at radius 1 is 1.00 bits per heavy atom. The summed E-state index contributed by atoms with van der Waals surface area (Å²) in [6, 6.07) is 12.5. The standard InChI is InChI=1S/C25H27Cl2N5O.ClH/c26-19-14-21(27)22(28-15-19)33-20-8-12-31(13-9-20)24-30-29-23(32(24)16-17-6-7-17)25(10-11-25)18-4-2-1-3-5-18;/h1-5,14-15,17,20H,6-13,16H2;1H. The molecule has 2 aliphatic carbocycles. The molecule has 0 amide bonds. The van der Waals surface area contributed by atoms with Crippen LogP contribution in [0.15, 0.2) is 42.6 Å². The minimum atomic E-state index is 0. The molecule has 0 unspecified atom stereocenters. The molecule has 3 aromatic rings. The topological polar surface area (TPSA) is 56.1 Å². The average Bonchev–Trinajstić information content (AvgIpc) is 3.76. The maximum Gasteiger partial charge on any atom is 0.232 e. The molecule has 3 heterocycles. The third-order valence-corrected chi connectivity index (χ3v) is 7.63. The molecule has 1 aliphatic heterocycles. The summed E-state index contributed by atoms with van der Waals surface area (Å²) in [5.74, 6) is 3.37. The minimum absolute atomic E-state index is 0. The van der Waals surface area contributed by atoms with Gasteiger partial charge in [0.25, 0.3) is 0 Å². The zero-order valence-electron chi connectivity index (χ0n) is 18.9. The van der Waals surface area contributed by atoms with Crippen LogP contribution in [-0.4, -0.2) is 38.9 Å². The summed E-state index contributed by atoms with van der Waals surface area (Å²) in [7, 11) is 0. The molecule has 6 rings (SSSR count). The second kappa shape index (κ2) is 9.56. The molecule has 0 bridgehead atoms. The molecule has 3 aliphatic rings. The van der Waals surface area contributed by atoms with Crippen molar-refractivity contribution in [2.75, 3.05) is 18.0 Å². The van der Waals surface area contributed by atoms with Gasteiger partial charge in [-0.15, -0.1) is 22.6 Å². The van der Waals surface area contributed by atoms with Crippen LogP contribution in [0.5, 0.6) is 5.88 Å². The summed E-state index contributed by atoms with van der Waals surface area (Å²) in [4.78, 5) is 6.61. The van der Waals surface area contributed by atoms with E-state index in [0.717, 1.165) is 63.0 Å². The number of piperidine rings is 1. The van der Waals surface area contributed by atoms with Crippen molar-refractivity contribution in [3.63, 3.8) is 0 Å². The molecule has 0 radical (unpaired) electrons. The first-order valence-corrected chi connectivity index (χ1v) is 12.6. The maximum absolute atomic E-state index is 6.25. The van der Waals surface area contributed by atoms with Gasteiger partial charge in [-0.05, 0) is 43.2 Å². The van der Waals surface area contributed by atoms with Crippen LogP contribution < -0.4 is 9.64 Å². The van der Waals surface area contributed by atoms with Gasteiger partial charge in [-0.2, -0.15) is 0 Å². The molecule has 1 saturated heterocycles. The lowest BCUT2D eigenvalue weighted by Crippen LogP contribution is -2.40. The highest BCUT2D eigenvalue weighted by Crippen LogP contribution is 2.53. The molecule has 180 valence electrons. The Labute approximate surface area is 216 Å². The highest BCUT2D eigenvalue weighted by atomic mass is 35.5. The Morgan fingerprint density at radius 3 is 2.38 bits per heavy atom. The number of halogens is 3. The smallest absolute Gasteiger partial charge is 0.232 e. The maximum atomic E-state index is 6.25. The van der Waals surface area contributed by atoms with Crippen molar-refractivity contribution >= 4 is 41.6 Å². The highest BCUT2D eigenvalue weighted by Gasteiger charge is 2.50. The highest BCUT2D eigenvalue weighted by molar-refractivity contribution is 6.35. The van der Waals surface area contributed by atoms with Crippen LogP contribution in [0.25, 0.3) is 0 Å². The predicted octanol–water partition coefficient (Wildman–Crippen LogP) is 5.94. The summed E-state index contributed by atoms with van der Waals surface area (Å²) >= 11 is 12.2. The van der Waals surface area contributed by atoms with E-state index in [9.17, 15) is 0 Å². The lowest BCUT2D eigenvalue weighted by molar-refractivity contribution is 0.163. The van der Waals surface area contributed by atoms with Gasteiger partial charge >= 0.3 is 0 Å². The van der Waals surface area contributed by atoms with Gasteiger partial charge in [0.2, 0.25) is 11.8 Å². The SMILES string of the molecule is Cl.Clc1cnc(OC2CCN(c3nnc(C4(c5ccccc5)CC4)n3CC3CC3)CC2)c(Cl)c1. The Kier molecular flexibility index (Phi) is 6.66. The minimum Gasteiger partial charge on any atom is -0.473 e. The molecule has 2 aromatic heterocycles. The van der Waals surface area contributed by atoms with E-state index in [2.05, 4.69) is 44.8 Å². The Morgan fingerprint density at radius 2 is 1.74 bits per heavy atom. The van der Waals surface area contributed by atoms with Crippen molar-refractivity contribution in [3.05, 3.63) is 64.0 Å². The fourth-order valence-electron chi connectivity index (χ4n) is 4.95. The largest absolute Gasteiger partial charge is 0.473 e. The molecule has 9 heteroatoms. The van der Waals surface area contributed by atoms with Crippen molar-refractivity contribution in [2.45, 2.75) is 56.6 Å². The summed E-state index contributed by atoms with van der Waals surface area (Å²) < 4.78 is 8.51. The van der Waals surface area contributed by atoms with Crippen LogP contribution >= 0.6 is 35.6 Å². The van der Waals surface area contributed by atoms with Crippen LogP contribution in [-0.2, 0) is 12.0 Å². The summed E-state index contributed by atoms with van der Waals surface area (Å²) in [5.41, 5.74) is 1.39. The van der Waals surface area contributed by atoms with E-state index in [1.54, 1.807) is 12.3 Å². The van der Waals surface area contributed by atoms with Gasteiger partial charge in [0.15, 0.2) is 0 Å². The number of anilines is 1. The number of benzene rings is 1. The quantitative estimate of drug-likeness (QED) is 0.386. The molecule has 0 spiro atoms. The summed E-state index contributed by atoms with van der Waals surface area (Å²) in [6.07, 6.45) is 8.31. The normalized spacial score (nSPS) is 19.5. The van der Waals surface area contributed by atoms with Gasteiger partial charge in [-0.1, -0.05) is 53.5 Å². The van der Waals surface area contributed by atoms with E-state index in [4.69, 9.17) is 38.1 Å². The summed E-state index contributed by atoms with van der Waals surface area (Å²) in [5, 5.41) is 10.5. The van der Waals surface area contributed by atoms with Crippen molar-refractivity contribution in [1.29, 1.82) is 0 Å². The second-order valence-electron chi connectivity index (χ2n) is 9.57. The van der Waals surface area contributed by atoms with Gasteiger partial charge < -0.3 is 9.64 Å². The monoisotopic (exact) mass is 519 g/mol. The van der Waals surface area contributed by atoms with Crippen LogP contribution in [0.2, 0.25) is 10.0 Å². The van der Waals surface area contributed by atoms with E-state index >= 15 is 0 Å². The number of ether oxygens (including phenoxy) is 1. The van der Waals surface area contributed by atoms with E-state index in [1.165, 1.54) is 18.4 Å². The van der Waals surface area contributed by atoms with Gasteiger partial charge in [-0.25, -0.2) is 4.98 Å². The van der Waals surface area contributed by atoms with Gasteiger partial charge in [0.1, 0.15) is 17.0 Å². The van der Waals surface area contributed by atoms with E-state index in [-0.39, 0.29) is 23.9 Å². The van der Waals surface area contributed by atoms with E-state index < -0.39 is 0 Å². The molecule has 34 heavy (non-hydrogen) atoms. The van der Waals surface area contributed by atoms with E-state index in [1.807, 2.05) is 0 Å².